The lowest BCUT2D eigenvalue weighted by atomic mass is 10.0. The summed E-state index contributed by atoms with van der Waals surface area (Å²) < 4.78 is 16.0. The van der Waals surface area contributed by atoms with Crippen molar-refractivity contribution in [1.82, 2.24) is 0 Å². The van der Waals surface area contributed by atoms with Crippen LogP contribution in [0.2, 0.25) is 0 Å². The van der Waals surface area contributed by atoms with E-state index in [1.54, 1.807) is 39.0 Å². The average Bonchev–Trinajstić information content (AvgIpc) is 2.92. The number of fused-ring (bicyclic) bond motifs is 1. The Morgan fingerprint density at radius 2 is 1.78 bits per heavy atom. The van der Waals surface area contributed by atoms with Crippen molar-refractivity contribution in [2.75, 3.05) is 6.79 Å². The Morgan fingerprint density at radius 3 is 2.52 bits per heavy atom. The molecule has 1 N–H and O–H groups in total. The Kier molecular flexibility index (Phi) is 3.64. The highest BCUT2D eigenvalue weighted by molar-refractivity contribution is 5.92. The molecule has 1 aliphatic rings. The normalized spacial score (nSPS) is 13.0. The summed E-state index contributed by atoms with van der Waals surface area (Å²) in [6.45, 7) is 5.59. The fourth-order valence-electron chi connectivity index (χ4n) is 2.31. The van der Waals surface area contributed by atoms with Crippen LogP contribution in [0.4, 0.5) is 0 Å². The van der Waals surface area contributed by atoms with Crippen molar-refractivity contribution >= 4 is 5.97 Å². The number of phenolic OH excluding ortho intramolecular Hbond substituents is 1. The van der Waals surface area contributed by atoms with Crippen molar-refractivity contribution in [2.24, 2.45) is 0 Å². The van der Waals surface area contributed by atoms with Crippen molar-refractivity contribution < 1.29 is 24.1 Å². The van der Waals surface area contributed by atoms with E-state index in [1.165, 1.54) is 6.07 Å². The molecule has 0 radical (unpaired) electrons. The van der Waals surface area contributed by atoms with Crippen LogP contribution >= 0.6 is 0 Å². The van der Waals surface area contributed by atoms with Crippen molar-refractivity contribution in [3.05, 3.63) is 42.0 Å². The molecule has 0 spiro atoms. The molecule has 2 aromatic rings. The van der Waals surface area contributed by atoms with Gasteiger partial charge in [-0.1, -0.05) is 6.07 Å². The van der Waals surface area contributed by atoms with E-state index in [2.05, 4.69) is 0 Å². The van der Waals surface area contributed by atoms with Crippen molar-refractivity contribution in [3.63, 3.8) is 0 Å². The number of esters is 1. The maximum atomic E-state index is 12.2. The van der Waals surface area contributed by atoms with Crippen LogP contribution in [-0.2, 0) is 4.74 Å². The second kappa shape index (κ2) is 5.50. The van der Waals surface area contributed by atoms with E-state index in [9.17, 15) is 9.90 Å². The fourth-order valence-corrected chi connectivity index (χ4v) is 2.31. The minimum atomic E-state index is -0.596. The van der Waals surface area contributed by atoms with Gasteiger partial charge < -0.3 is 19.3 Å². The van der Waals surface area contributed by atoms with Gasteiger partial charge in [-0.25, -0.2) is 4.79 Å². The molecule has 0 amide bonds. The predicted octanol–water partition coefficient (Wildman–Crippen LogP) is 3.74. The summed E-state index contributed by atoms with van der Waals surface area (Å²) in [6, 6.07) is 10.1. The van der Waals surface area contributed by atoms with Gasteiger partial charge in [0.2, 0.25) is 6.79 Å². The van der Waals surface area contributed by atoms with Crippen LogP contribution in [0.1, 0.15) is 31.1 Å². The van der Waals surface area contributed by atoms with Crippen molar-refractivity contribution in [1.29, 1.82) is 0 Å². The van der Waals surface area contributed by atoms with Gasteiger partial charge in [0.1, 0.15) is 11.4 Å². The smallest absolute Gasteiger partial charge is 0.338 e. The first kappa shape index (κ1) is 15.2. The van der Waals surface area contributed by atoms with Crippen molar-refractivity contribution in [3.8, 4) is 28.4 Å². The molecule has 0 aromatic heterocycles. The molecular formula is C18H18O5. The summed E-state index contributed by atoms with van der Waals surface area (Å²) >= 11 is 0. The van der Waals surface area contributed by atoms with Crippen LogP contribution in [-0.4, -0.2) is 23.5 Å². The lowest BCUT2D eigenvalue weighted by Gasteiger charge is -2.19. The zero-order chi connectivity index (χ0) is 16.6. The summed E-state index contributed by atoms with van der Waals surface area (Å²) in [7, 11) is 0. The van der Waals surface area contributed by atoms with Gasteiger partial charge in [0.15, 0.2) is 11.5 Å². The summed E-state index contributed by atoms with van der Waals surface area (Å²) in [5.74, 6) is 0.849. The van der Waals surface area contributed by atoms with Gasteiger partial charge in [-0.15, -0.1) is 0 Å². The van der Waals surface area contributed by atoms with Gasteiger partial charge >= 0.3 is 5.97 Å². The molecule has 23 heavy (non-hydrogen) atoms. The Labute approximate surface area is 134 Å². The van der Waals surface area contributed by atoms with Crippen LogP contribution in [0.3, 0.4) is 0 Å². The van der Waals surface area contributed by atoms with Crippen LogP contribution in [0.15, 0.2) is 36.4 Å². The maximum Gasteiger partial charge on any atom is 0.338 e. The lowest BCUT2D eigenvalue weighted by Crippen LogP contribution is -2.23. The molecule has 3 rings (SSSR count). The first-order valence-electron chi connectivity index (χ1n) is 7.29. The lowest BCUT2D eigenvalue weighted by molar-refractivity contribution is 0.00691. The Morgan fingerprint density at radius 1 is 1.04 bits per heavy atom. The topological polar surface area (TPSA) is 65.0 Å². The van der Waals surface area contributed by atoms with Crippen LogP contribution in [0.25, 0.3) is 11.1 Å². The second-order valence-corrected chi connectivity index (χ2v) is 6.34. The zero-order valence-corrected chi connectivity index (χ0v) is 13.3. The van der Waals surface area contributed by atoms with Gasteiger partial charge in [-0.3, -0.25) is 0 Å². The number of hydrogen-bond donors (Lipinski definition) is 1. The number of ether oxygens (including phenoxy) is 3. The SMILES string of the molecule is CC(C)(C)OC(=O)c1cc(O)cc(-c2ccc3c(c2)OCO3)c1. The van der Waals surface area contributed by atoms with Gasteiger partial charge in [0.05, 0.1) is 5.56 Å². The number of carbonyl (C=O) groups is 1. The molecule has 5 heteroatoms. The van der Waals surface area contributed by atoms with Gasteiger partial charge in [-0.05, 0) is 62.2 Å². The Hall–Kier alpha value is -2.69. The van der Waals surface area contributed by atoms with Gasteiger partial charge in [0.25, 0.3) is 0 Å². The number of hydrogen-bond acceptors (Lipinski definition) is 5. The minimum absolute atomic E-state index is 0.000950. The number of phenols is 1. The fraction of sp³-hybridized carbons (Fsp3) is 0.278. The minimum Gasteiger partial charge on any atom is -0.508 e. The van der Waals surface area contributed by atoms with E-state index in [-0.39, 0.29) is 12.5 Å². The third kappa shape index (κ3) is 3.39. The molecule has 2 aromatic carbocycles. The highest BCUT2D eigenvalue weighted by atomic mass is 16.7. The quantitative estimate of drug-likeness (QED) is 0.855. The molecule has 0 unspecified atom stereocenters. The first-order valence-corrected chi connectivity index (χ1v) is 7.29. The summed E-state index contributed by atoms with van der Waals surface area (Å²) in [6.07, 6.45) is 0. The summed E-state index contributed by atoms with van der Waals surface area (Å²) in [5, 5.41) is 9.93. The molecule has 5 nitrogen and oxygen atoms in total. The van der Waals surface area contributed by atoms with Crippen molar-refractivity contribution in [2.45, 2.75) is 26.4 Å². The third-order valence-corrected chi connectivity index (χ3v) is 3.26. The second-order valence-electron chi connectivity index (χ2n) is 6.34. The monoisotopic (exact) mass is 314 g/mol. The summed E-state index contributed by atoms with van der Waals surface area (Å²) in [4.78, 5) is 12.2. The van der Waals surface area contributed by atoms with E-state index in [4.69, 9.17) is 14.2 Å². The molecule has 120 valence electrons. The average molecular weight is 314 g/mol. The van der Waals surface area contributed by atoms with Crippen LogP contribution in [0, 0.1) is 0 Å². The molecule has 0 saturated heterocycles. The Balaban J connectivity index is 1.96. The van der Waals surface area contributed by atoms with E-state index in [0.29, 0.717) is 22.6 Å². The number of aromatic hydroxyl groups is 1. The molecule has 1 heterocycles. The van der Waals surface area contributed by atoms with Gasteiger partial charge in [-0.2, -0.15) is 0 Å². The number of benzene rings is 2. The maximum absolute atomic E-state index is 12.2. The van der Waals surface area contributed by atoms with E-state index < -0.39 is 11.6 Å². The molecule has 1 aliphatic heterocycles. The molecule has 0 fully saturated rings. The molecule has 0 aliphatic carbocycles. The predicted molar refractivity (Wildman–Crippen MR) is 84.8 cm³/mol. The molecule has 0 saturated carbocycles. The summed E-state index contributed by atoms with van der Waals surface area (Å²) in [5.41, 5.74) is 1.22. The van der Waals surface area contributed by atoms with Crippen LogP contribution < -0.4 is 9.47 Å². The van der Waals surface area contributed by atoms with E-state index >= 15 is 0 Å². The number of rotatable bonds is 2. The largest absolute Gasteiger partial charge is 0.508 e. The van der Waals surface area contributed by atoms with E-state index in [1.807, 2.05) is 12.1 Å². The highest BCUT2D eigenvalue weighted by Crippen LogP contribution is 2.37. The van der Waals surface area contributed by atoms with E-state index in [0.717, 1.165) is 5.56 Å². The highest BCUT2D eigenvalue weighted by Gasteiger charge is 2.20. The van der Waals surface area contributed by atoms with Gasteiger partial charge in [0, 0.05) is 0 Å². The molecular weight excluding hydrogens is 296 g/mol. The standard InChI is InChI=1S/C18H18O5/c1-18(2,3)23-17(20)13-6-12(7-14(19)8-13)11-4-5-15-16(9-11)22-10-21-15/h4-9,19H,10H2,1-3H3. The number of carbonyl (C=O) groups excluding carboxylic acids is 1. The molecule has 0 bridgehead atoms. The first-order chi connectivity index (χ1) is 10.8. The Bertz CT molecular complexity index is 758. The molecule has 0 atom stereocenters. The third-order valence-electron chi connectivity index (χ3n) is 3.26. The zero-order valence-electron chi connectivity index (χ0n) is 13.3. The van der Waals surface area contributed by atoms with Crippen LogP contribution in [0.5, 0.6) is 17.2 Å².